The molecule has 0 bridgehead atoms. The van der Waals surface area contributed by atoms with Crippen LogP contribution in [0.4, 0.5) is 22.7 Å². The van der Waals surface area contributed by atoms with Crippen LogP contribution in [0.1, 0.15) is 12.3 Å². The van der Waals surface area contributed by atoms with E-state index in [2.05, 4.69) is 4.74 Å². The number of hydrogen-bond acceptors (Lipinski definition) is 9. The van der Waals surface area contributed by atoms with E-state index in [1.54, 1.807) is 0 Å². The molecule has 142 valence electrons. The fraction of sp³-hybridized carbons (Fsp3) is 0.0769. The first-order valence-corrected chi connectivity index (χ1v) is 6.33. The minimum Gasteiger partial charge on any atom is -0.490 e. The van der Waals surface area contributed by atoms with E-state index >= 15 is 0 Å². The molecule has 2 aromatic rings. The molecule has 0 spiro atoms. The Morgan fingerprint density at radius 2 is 1.33 bits per heavy atom. The Labute approximate surface area is 167 Å². The molecule has 13 nitrogen and oxygen atoms in total. The zero-order valence-electron chi connectivity index (χ0n) is 21.3. The Hall–Kier alpha value is -3.87. The summed E-state index contributed by atoms with van der Waals surface area (Å²) in [6.07, 6.45) is 0. The van der Waals surface area contributed by atoms with E-state index in [4.69, 9.17) is 23.9 Å². The maximum absolute atomic E-state index is 10.8. The van der Waals surface area contributed by atoms with Gasteiger partial charge in [-0.05, 0) is 12.1 Å². The van der Waals surface area contributed by atoms with Crippen LogP contribution in [0.5, 0.6) is 5.75 Å². The predicted octanol–water partition coefficient (Wildman–Crippen LogP) is 3.67. The molecule has 0 aromatic heterocycles. The molecule has 0 fully saturated rings. The maximum atomic E-state index is 10.8. The topological polar surface area (TPSA) is 182 Å². The molecular weight excluding hydrogens is 392 g/mol. The fourth-order valence-corrected chi connectivity index (χ4v) is 1.42. The van der Waals surface area contributed by atoms with Crippen molar-refractivity contribution in [2.24, 2.45) is 0 Å². The Morgan fingerprint density at radius 3 is 1.78 bits per heavy atom. The van der Waals surface area contributed by atoms with Gasteiger partial charge in [0.25, 0.3) is 17.1 Å². The quantitative estimate of drug-likeness (QED) is 0.525. The summed E-state index contributed by atoms with van der Waals surface area (Å²) in [5.41, 5.74) is -4.73. The lowest BCUT2D eigenvalue weighted by Gasteiger charge is -1.99. The molecule has 2 aromatic carbocycles. The Morgan fingerprint density at radius 1 is 0.852 bits per heavy atom. The van der Waals surface area contributed by atoms with E-state index in [1.807, 2.05) is 0 Å². The van der Waals surface area contributed by atoms with Crippen molar-refractivity contribution in [3.05, 3.63) is 81.7 Å². The first-order chi connectivity index (χ1) is 16.3. The number of hydrogen-bond donors (Lipinski definition) is 0. The van der Waals surface area contributed by atoms with Crippen LogP contribution in [0.25, 0.3) is 0 Å². The zero-order valence-corrected chi connectivity index (χ0v) is 13.1. The van der Waals surface area contributed by atoms with Crippen LogP contribution in [0.3, 0.4) is 0 Å². The van der Waals surface area contributed by atoms with Crippen LogP contribution < -0.4 is 4.74 Å². The molecule has 2 rings (SSSR count). The lowest BCUT2D eigenvalue weighted by molar-refractivity contribution is -0.394. The number of nitro groups is 4. The van der Waals surface area contributed by atoms with Crippen molar-refractivity contribution < 1.29 is 36.8 Å². The molecular formula is C13H9ClN4O9. The van der Waals surface area contributed by atoms with Crippen LogP contribution in [0.2, 0.25) is 5.02 Å². The van der Waals surface area contributed by atoms with Gasteiger partial charge in [0.05, 0.1) is 51.2 Å². The Balaban J connectivity index is 0.000000369. The van der Waals surface area contributed by atoms with E-state index in [-0.39, 0.29) is 0 Å². The highest BCUT2D eigenvalue weighted by Gasteiger charge is 2.19. The first kappa shape index (κ1) is 11.0. The van der Waals surface area contributed by atoms with Crippen molar-refractivity contribution in [3.63, 3.8) is 0 Å². The molecule has 27 heavy (non-hydrogen) atoms. The van der Waals surface area contributed by atoms with Gasteiger partial charge in [0, 0.05) is 12.1 Å². The minimum atomic E-state index is -3.17. The van der Waals surface area contributed by atoms with Gasteiger partial charge in [0.2, 0.25) is 0 Å². The molecule has 0 atom stereocenters. The molecule has 0 aliphatic heterocycles. The van der Waals surface area contributed by atoms with Crippen LogP contribution >= 0.6 is 11.6 Å². The van der Waals surface area contributed by atoms with Crippen LogP contribution in [-0.2, 0) is 0 Å². The van der Waals surface area contributed by atoms with Gasteiger partial charge in [-0.25, -0.2) is 0 Å². The van der Waals surface area contributed by atoms with E-state index < -0.39 is 96.5 Å². The summed E-state index contributed by atoms with van der Waals surface area (Å²) in [5, 5.41) is 41.8. The average molecular weight is 410 g/mol. The highest BCUT2D eigenvalue weighted by molar-refractivity contribution is 6.32. The molecule has 0 unspecified atom stereocenters. The van der Waals surface area contributed by atoms with Gasteiger partial charge in [-0.3, -0.25) is 40.5 Å². The van der Waals surface area contributed by atoms with Gasteiger partial charge < -0.3 is 4.74 Å². The summed E-state index contributed by atoms with van der Waals surface area (Å²) in [6, 6.07) is -6.39. The van der Waals surface area contributed by atoms with Crippen LogP contribution in [-0.4, -0.2) is 26.7 Å². The van der Waals surface area contributed by atoms with Crippen molar-refractivity contribution >= 4 is 34.4 Å². The second-order valence-electron chi connectivity index (χ2n) is 3.92. The van der Waals surface area contributed by atoms with E-state index in [9.17, 15) is 40.5 Å². The van der Waals surface area contributed by atoms with Gasteiger partial charge in [0.1, 0.15) is 5.02 Å². The monoisotopic (exact) mass is 409 g/mol. The van der Waals surface area contributed by atoms with Gasteiger partial charge >= 0.3 is 5.69 Å². The number of halogens is 1. The highest BCUT2D eigenvalue weighted by atomic mass is 35.5. The van der Waals surface area contributed by atoms with Crippen molar-refractivity contribution in [1.82, 2.24) is 0 Å². The molecule has 14 heteroatoms. The second kappa shape index (κ2) is 9.00. The number of nitro benzene ring substituents is 4. The summed E-state index contributed by atoms with van der Waals surface area (Å²) in [6.45, 7) is 0. The van der Waals surface area contributed by atoms with Gasteiger partial charge in [-0.15, -0.1) is 0 Å². The first-order valence-electron chi connectivity index (χ1n) is 10.5. The standard InChI is InChI=1S/C7H6N2O5.C6H3ClN2O4/c1-14-7-3-2-5(8(10)11)4-6(7)9(12)13;7-5-2-1-4(8(10)11)3-6(5)9(12)13/h2-4H,1H3;1-3H/i1D3,2D,3D,4D;1D,2D,3D. The lowest BCUT2D eigenvalue weighted by atomic mass is 10.2. The SMILES string of the molecule is [2H]c1c([2H])c([N+](=O)[O-])c([2H])c([N+](=O)[O-])c1Cl.[2H]c1c([2H])c([N+](=O)[O-])c([2H])c([N+](=O)[O-])c1OC([2H])([2H])[2H]. The average Bonchev–Trinajstić information content (AvgIpc) is 2.68. The van der Waals surface area contributed by atoms with Crippen molar-refractivity contribution in [1.29, 1.82) is 0 Å². The summed E-state index contributed by atoms with van der Waals surface area (Å²) in [7, 11) is -3.17. The van der Waals surface area contributed by atoms with Crippen molar-refractivity contribution in [2.45, 2.75) is 0 Å². The predicted molar refractivity (Wildman–Crippen MR) is 91.1 cm³/mol. The number of methoxy groups -OCH3 is 1. The number of ether oxygens (including phenoxy) is 1. The largest absolute Gasteiger partial charge is 0.490 e. The number of rotatable bonds is 5. The van der Waals surface area contributed by atoms with Crippen molar-refractivity contribution in [2.75, 3.05) is 7.04 Å². The van der Waals surface area contributed by atoms with E-state index in [0.717, 1.165) is 0 Å². The third-order valence-corrected chi connectivity index (χ3v) is 2.59. The smallest absolute Gasteiger partial charge is 0.317 e. The van der Waals surface area contributed by atoms with Gasteiger partial charge in [-0.1, -0.05) is 11.6 Å². The normalized spacial score (nSPS) is 14.8. The third-order valence-electron chi connectivity index (χ3n) is 2.31. The second-order valence-corrected chi connectivity index (χ2v) is 4.30. The van der Waals surface area contributed by atoms with Crippen LogP contribution in [0.15, 0.2) is 36.3 Å². The van der Waals surface area contributed by atoms with Gasteiger partial charge in [-0.2, -0.15) is 0 Å². The molecule has 0 saturated heterocycles. The molecule has 0 heterocycles. The zero-order chi connectivity index (χ0) is 28.4. The summed E-state index contributed by atoms with van der Waals surface area (Å²) in [4.78, 5) is 37.8. The van der Waals surface area contributed by atoms with Crippen molar-refractivity contribution in [3.8, 4) is 5.75 Å². The molecule has 0 amide bonds. The van der Waals surface area contributed by atoms with E-state index in [1.165, 1.54) is 0 Å². The molecule has 0 saturated carbocycles. The van der Waals surface area contributed by atoms with Crippen LogP contribution in [0, 0.1) is 40.5 Å². The minimum absolute atomic E-state index is 0.745. The summed E-state index contributed by atoms with van der Waals surface area (Å²) >= 11 is 5.38. The summed E-state index contributed by atoms with van der Waals surface area (Å²) in [5.74, 6) is -1.17. The molecule has 0 radical (unpaired) electrons. The molecule has 0 N–H and O–H groups in total. The molecule has 0 aliphatic carbocycles. The van der Waals surface area contributed by atoms with E-state index in [0.29, 0.717) is 0 Å². The number of benzene rings is 2. The summed E-state index contributed by atoms with van der Waals surface area (Å²) < 4.78 is 68.4. The maximum Gasteiger partial charge on any atom is 0.317 e. The fourth-order valence-electron chi connectivity index (χ4n) is 1.26. The Bertz CT molecular complexity index is 1260. The third kappa shape index (κ3) is 5.57. The number of nitrogens with zero attached hydrogens (tertiary/aromatic N) is 4. The van der Waals surface area contributed by atoms with Gasteiger partial charge in [0.15, 0.2) is 5.75 Å². The lowest BCUT2D eigenvalue weighted by Crippen LogP contribution is -1.95. The highest BCUT2D eigenvalue weighted by Crippen LogP contribution is 2.30. The molecule has 0 aliphatic rings. The Kier molecular flexibility index (Phi) is 3.66.